The zero-order valence-corrected chi connectivity index (χ0v) is 11.3. The molecule has 2 atom stereocenters. The first-order valence-corrected chi connectivity index (χ1v) is 6.93. The first-order valence-electron chi connectivity index (χ1n) is 5.88. The molecule has 5 heteroatoms. The second kappa shape index (κ2) is 5.54. The number of rotatable bonds is 4. The quantitative estimate of drug-likeness (QED) is 0.885. The Labute approximate surface area is 111 Å². The monoisotopic (exact) mass is 263 g/mol. The Kier molecular flexibility index (Phi) is 4.04. The summed E-state index contributed by atoms with van der Waals surface area (Å²) in [7, 11) is 0. The minimum absolute atomic E-state index is 0.154. The lowest BCUT2D eigenvalue weighted by atomic mass is 10.2. The van der Waals surface area contributed by atoms with Gasteiger partial charge in [-0.25, -0.2) is 9.97 Å². The van der Waals surface area contributed by atoms with Crippen molar-refractivity contribution in [3.8, 4) is 0 Å². The van der Waals surface area contributed by atoms with Gasteiger partial charge in [0.2, 0.25) is 0 Å². The molecule has 0 bridgehead atoms. The third kappa shape index (κ3) is 2.91. The van der Waals surface area contributed by atoms with Gasteiger partial charge in [-0.3, -0.25) is 0 Å². The number of nitrogens with two attached hydrogens (primary N) is 1. The van der Waals surface area contributed by atoms with Gasteiger partial charge in [-0.2, -0.15) is 0 Å². The minimum atomic E-state index is -0.340. The molecule has 18 heavy (non-hydrogen) atoms. The van der Waals surface area contributed by atoms with Crippen LogP contribution in [-0.4, -0.2) is 26.4 Å². The molecular formula is C13H17N3OS. The van der Waals surface area contributed by atoms with Gasteiger partial charge >= 0.3 is 0 Å². The number of aliphatic hydroxyl groups excluding tert-OH is 1. The molecule has 0 amide bonds. The van der Waals surface area contributed by atoms with Crippen molar-refractivity contribution in [2.24, 2.45) is 0 Å². The summed E-state index contributed by atoms with van der Waals surface area (Å²) in [6.45, 7) is 3.77. The molecule has 0 aliphatic heterocycles. The molecule has 96 valence electrons. The van der Waals surface area contributed by atoms with E-state index in [9.17, 15) is 5.11 Å². The smallest absolute Gasteiger partial charge is 0.141 e. The van der Waals surface area contributed by atoms with Crippen LogP contribution in [0.2, 0.25) is 0 Å². The molecule has 0 saturated carbocycles. The van der Waals surface area contributed by atoms with E-state index >= 15 is 0 Å². The normalized spacial score (nSPS) is 14.6. The first-order chi connectivity index (χ1) is 8.58. The van der Waals surface area contributed by atoms with E-state index in [0.29, 0.717) is 17.4 Å². The van der Waals surface area contributed by atoms with Crippen LogP contribution >= 0.6 is 11.8 Å². The van der Waals surface area contributed by atoms with Crippen molar-refractivity contribution >= 4 is 28.5 Å². The number of aromatic nitrogens is 2. The SMILES string of the molecule is C[C@H](O)[C@H](C)SCc1nc(N)c2ccccc2n1. The molecule has 0 saturated heterocycles. The molecule has 2 rings (SSSR count). The first kappa shape index (κ1) is 13.1. The molecular weight excluding hydrogens is 246 g/mol. The zero-order chi connectivity index (χ0) is 13.1. The fraction of sp³-hybridized carbons (Fsp3) is 0.385. The van der Waals surface area contributed by atoms with Crippen molar-refractivity contribution in [3.63, 3.8) is 0 Å². The Balaban J connectivity index is 2.19. The van der Waals surface area contributed by atoms with E-state index in [0.717, 1.165) is 10.9 Å². The van der Waals surface area contributed by atoms with Crippen molar-refractivity contribution in [2.45, 2.75) is 31.0 Å². The van der Waals surface area contributed by atoms with E-state index in [2.05, 4.69) is 9.97 Å². The van der Waals surface area contributed by atoms with Gasteiger partial charge in [-0.15, -0.1) is 11.8 Å². The molecule has 0 unspecified atom stereocenters. The van der Waals surface area contributed by atoms with Crippen LogP contribution in [0.3, 0.4) is 0 Å². The molecule has 4 nitrogen and oxygen atoms in total. The summed E-state index contributed by atoms with van der Waals surface area (Å²) in [5.74, 6) is 1.88. The number of thioether (sulfide) groups is 1. The van der Waals surface area contributed by atoms with Crippen LogP contribution in [0, 0.1) is 0 Å². The number of anilines is 1. The summed E-state index contributed by atoms with van der Waals surface area (Å²) in [6, 6.07) is 7.70. The lowest BCUT2D eigenvalue weighted by Crippen LogP contribution is -2.15. The van der Waals surface area contributed by atoms with Crippen LogP contribution in [0.4, 0.5) is 5.82 Å². The summed E-state index contributed by atoms with van der Waals surface area (Å²) in [6.07, 6.45) is -0.340. The third-order valence-electron chi connectivity index (χ3n) is 2.83. The topological polar surface area (TPSA) is 72.0 Å². The van der Waals surface area contributed by atoms with Crippen molar-refractivity contribution in [1.82, 2.24) is 9.97 Å². The average Bonchev–Trinajstić information content (AvgIpc) is 2.36. The largest absolute Gasteiger partial charge is 0.392 e. The highest BCUT2D eigenvalue weighted by Crippen LogP contribution is 2.22. The van der Waals surface area contributed by atoms with Gasteiger partial charge in [-0.05, 0) is 19.1 Å². The summed E-state index contributed by atoms with van der Waals surface area (Å²) in [5.41, 5.74) is 6.78. The van der Waals surface area contributed by atoms with E-state index in [4.69, 9.17) is 5.73 Å². The molecule has 2 aromatic rings. The lowest BCUT2D eigenvalue weighted by Gasteiger charge is -2.13. The fourth-order valence-corrected chi connectivity index (χ4v) is 2.38. The van der Waals surface area contributed by atoms with Crippen LogP contribution in [0.1, 0.15) is 19.7 Å². The highest BCUT2D eigenvalue weighted by Gasteiger charge is 2.11. The van der Waals surface area contributed by atoms with Crippen molar-refractivity contribution in [1.29, 1.82) is 0 Å². The second-order valence-corrected chi connectivity index (χ2v) is 5.66. The van der Waals surface area contributed by atoms with E-state index in [-0.39, 0.29) is 11.4 Å². The summed E-state index contributed by atoms with van der Waals surface area (Å²) < 4.78 is 0. The number of para-hydroxylation sites is 1. The maximum Gasteiger partial charge on any atom is 0.141 e. The summed E-state index contributed by atoms with van der Waals surface area (Å²) in [5, 5.41) is 10.5. The van der Waals surface area contributed by atoms with Crippen LogP contribution in [0.25, 0.3) is 10.9 Å². The maximum absolute atomic E-state index is 9.44. The van der Waals surface area contributed by atoms with Crippen LogP contribution < -0.4 is 5.73 Å². The van der Waals surface area contributed by atoms with Gasteiger partial charge in [0.15, 0.2) is 0 Å². The number of hydrogen-bond acceptors (Lipinski definition) is 5. The van der Waals surface area contributed by atoms with Crippen molar-refractivity contribution in [2.75, 3.05) is 5.73 Å². The molecule has 0 aliphatic rings. The number of fused-ring (bicyclic) bond motifs is 1. The highest BCUT2D eigenvalue weighted by atomic mass is 32.2. The summed E-state index contributed by atoms with van der Waals surface area (Å²) >= 11 is 1.62. The zero-order valence-electron chi connectivity index (χ0n) is 10.5. The van der Waals surface area contributed by atoms with Crippen LogP contribution in [0.15, 0.2) is 24.3 Å². The molecule has 0 radical (unpaired) electrons. The number of hydrogen-bond donors (Lipinski definition) is 2. The van der Waals surface area contributed by atoms with Crippen LogP contribution in [-0.2, 0) is 5.75 Å². The Hall–Kier alpha value is -1.33. The van der Waals surface area contributed by atoms with E-state index in [1.165, 1.54) is 0 Å². The standard InChI is InChI=1S/C13H17N3OS/c1-8(17)9(2)18-7-12-15-11-6-4-3-5-10(11)13(14)16-12/h3-6,8-9,17H,7H2,1-2H3,(H2,14,15,16)/t8-,9-/m0/s1. The van der Waals surface area contributed by atoms with Crippen molar-refractivity contribution < 1.29 is 5.11 Å². The second-order valence-electron chi connectivity index (χ2n) is 4.30. The van der Waals surface area contributed by atoms with E-state index in [1.807, 2.05) is 31.2 Å². The van der Waals surface area contributed by atoms with Gasteiger partial charge in [-0.1, -0.05) is 19.1 Å². The lowest BCUT2D eigenvalue weighted by molar-refractivity contribution is 0.196. The summed E-state index contributed by atoms with van der Waals surface area (Å²) in [4.78, 5) is 8.77. The Morgan fingerprint density at radius 3 is 2.72 bits per heavy atom. The Morgan fingerprint density at radius 1 is 1.28 bits per heavy atom. The molecule has 0 spiro atoms. The van der Waals surface area contributed by atoms with Gasteiger partial charge in [0, 0.05) is 10.6 Å². The van der Waals surface area contributed by atoms with Gasteiger partial charge < -0.3 is 10.8 Å². The molecule has 1 heterocycles. The predicted molar refractivity (Wildman–Crippen MR) is 76.4 cm³/mol. The Bertz CT molecular complexity index is 545. The molecule has 3 N–H and O–H groups in total. The van der Waals surface area contributed by atoms with Crippen molar-refractivity contribution in [3.05, 3.63) is 30.1 Å². The number of nitrogens with zero attached hydrogens (tertiary/aromatic N) is 2. The van der Waals surface area contributed by atoms with Crippen LogP contribution in [0.5, 0.6) is 0 Å². The fourth-order valence-electron chi connectivity index (χ4n) is 1.56. The predicted octanol–water partition coefficient (Wildman–Crippen LogP) is 2.21. The third-order valence-corrected chi connectivity index (χ3v) is 4.18. The molecule has 1 aromatic carbocycles. The number of nitrogen functional groups attached to an aromatic ring is 1. The van der Waals surface area contributed by atoms with E-state index < -0.39 is 0 Å². The van der Waals surface area contributed by atoms with E-state index in [1.54, 1.807) is 18.7 Å². The maximum atomic E-state index is 9.44. The molecule has 0 aliphatic carbocycles. The number of aliphatic hydroxyl groups is 1. The number of benzene rings is 1. The average molecular weight is 263 g/mol. The molecule has 1 aromatic heterocycles. The Morgan fingerprint density at radius 2 is 2.00 bits per heavy atom. The van der Waals surface area contributed by atoms with Gasteiger partial charge in [0.25, 0.3) is 0 Å². The van der Waals surface area contributed by atoms with Gasteiger partial charge in [0.05, 0.1) is 17.4 Å². The highest BCUT2D eigenvalue weighted by molar-refractivity contribution is 7.99. The minimum Gasteiger partial charge on any atom is -0.392 e. The molecule has 0 fully saturated rings. The van der Waals surface area contributed by atoms with Gasteiger partial charge in [0.1, 0.15) is 11.6 Å².